The fourth-order valence-electron chi connectivity index (χ4n) is 5.15. The molecule has 2 fully saturated rings. The minimum atomic E-state index is -0.602. The lowest BCUT2D eigenvalue weighted by atomic mass is 10.1. The Kier molecular flexibility index (Phi) is 7.61. The average molecular weight is 575 g/mol. The van der Waals surface area contributed by atoms with Gasteiger partial charge < -0.3 is 14.5 Å². The van der Waals surface area contributed by atoms with Gasteiger partial charge >= 0.3 is 6.09 Å². The number of halogens is 2. The van der Waals surface area contributed by atoms with Crippen molar-refractivity contribution in [2.24, 2.45) is 0 Å². The van der Waals surface area contributed by atoms with Crippen LogP contribution < -0.4 is 4.90 Å². The van der Waals surface area contributed by atoms with Gasteiger partial charge in [0.05, 0.1) is 18.4 Å². The number of carbonyl (C=O) groups excluding carboxylic acids is 2. The van der Waals surface area contributed by atoms with Gasteiger partial charge in [0.25, 0.3) is 0 Å². The molecular formula is C27H33Cl2N7O3. The van der Waals surface area contributed by atoms with E-state index >= 15 is 0 Å². The minimum absolute atomic E-state index is 0.0220. The molecule has 2 aromatic heterocycles. The molecule has 12 heteroatoms. The highest BCUT2D eigenvalue weighted by atomic mass is 35.5. The number of anilines is 1. The second-order valence-corrected chi connectivity index (χ2v) is 11.9. The standard InChI is InChI=1S/C27H33Cl2N7O3/c1-17(19-8-7-18(28)14-20(19)29)36-24-21(15-31-36)30-16-23(32-24)33-10-12-34(13-11-33)25(37)22-6-5-9-35(22)26(38)39-27(2,3)4/h7-8,14-17,22H,5-6,9-13H2,1-4H3/t17?,22-/m1/s1. The number of likely N-dealkylation sites (tertiary alicyclic amines) is 1. The first-order valence-electron chi connectivity index (χ1n) is 13.2. The molecule has 0 spiro atoms. The van der Waals surface area contributed by atoms with E-state index in [1.54, 1.807) is 29.4 Å². The minimum Gasteiger partial charge on any atom is -0.444 e. The van der Waals surface area contributed by atoms with Crippen LogP contribution in [-0.4, -0.2) is 85.9 Å². The van der Waals surface area contributed by atoms with Crippen molar-refractivity contribution < 1.29 is 14.3 Å². The third-order valence-electron chi connectivity index (χ3n) is 7.15. The fraction of sp³-hybridized carbons (Fsp3) is 0.519. The molecule has 4 heterocycles. The molecule has 0 bridgehead atoms. The van der Waals surface area contributed by atoms with Crippen molar-refractivity contribution >= 4 is 52.2 Å². The number of amides is 2. The maximum Gasteiger partial charge on any atom is 0.410 e. The molecule has 2 aliphatic heterocycles. The molecule has 2 amide bonds. The van der Waals surface area contributed by atoms with E-state index in [2.05, 4.69) is 15.0 Å². The van der Waals surface area contributed by atoms with E-state index in [-0.39, 0.29) is 11.9 Å². The zero-order valence-electron chi connectivity index (χ0n) is 22.6. The van der Waals surface area contributed by atoms with E-state index in [1.807, 2.05) is 43.3 Å². The molecule has 0 N–H and O–H groups in total. The van der Waals surface area contributed by atoms with Gasteiger partial charge in [-0.25, -0.2) is 19.4 Å². The lowest BCUT2D eigenvalue weighted by Gasteiger charge is -2.37. The molecule has 39 heavy (non-hydrogen) atoms. The van der Waals surface area contributed by atoms with Gasteiger partial charge in [0, 0.05) is 42.8 Å². The van der Waals surface area contributed by atoms with E-state index in [0.29, 0.717) is 60.4 Å². The molecule has 208 valence electrons. The molecule has 5 rings (SSSR count). The molecular weight excluding hydrogens is 541 g/mol. The van der Waals surface area contributed by atoms with Crippen molar-refractivity contribution in [3.05, 3.63) is 46.2 Å². The van der Waals surface area contributed by atoms with Crippen LogP contribution in [0.4, 0.5) is 10.6 Å². The maximum atomic E-state index is 13.4. The molecule has 0 aliphatic carbocycles. The van der Waals surface area contributed by atoms with Crippen LogP contribution in [0, 0.1) is 0 Å². The second kappa shape index (κ2) is 10.8. The van der Waals surface area contributed by atoms with Gasteiger partial charge in [-0.1, -0.05) is 29.3 Å². The monoisotopic (exact) mass is 573 g/mol. The lowest BCUT2D eigenvalue weighted by Crippen LogP contribution is -2.55. The van der Waals surface area contributed by atoms with Crippen molar-refractivity contribution in [3.63, 3.8) is 0 Å². The highest BCUT2D eigenvalue weighted by Gasteiger charge is 2.39. The number of ether oxygens (including phenoxy) is 1. The summed E-state index contributed by atoms with van der Waals surface area (Å²) >= 11 is 12.5. The van der Waals surface area contributed by atoms with Crippen LogP contribution in [0.1, 0.15) is 52.1 Å². The van der Waals surface area contributed by atoms with Crippen LogP contribution in [0.5, 0.6) is 0 Å². The van der Waals surface area contributed by atoms with E-state index in [0.717, 1.165) is 17.8 Å². The Bertz CT molecular complexity index is 1380. The van der Waals surface area contributed by atoms with Gasteiger partial charge in [-0.05, 0) is 58.2 Å². The fourth-order valence-corrected chi connectivity index (χ4v) is 5.71. The van der Waals surface area contributed by atoms with E-state index in [9.17, 15) is 9.59 Å². The van der Waals surface area contributed by atoms with Gasteiger partial charge in [0.2, 0.25) is 5.91 Å². The van der Waals surface area contributed by atoms with Gasteiger partial charge in [0.1, 0.15) is 23.0 Å². The highest BCUT2D eigenvalue weighted by Crippen LogP contribution is 2.30. The molecule has 1 unspecified atom stereocenters. The van der Waals surface area contributed by atoms with Crippen LogP contribution in [-0.2, 0) is 9.53 Å². The van der Waals surface area contributed by atoms with Gasteiger partial charge in [-0.3, -0.25) is 9.69 Å². The lowest BCUT2D eigenvalue weighted by molar-refractivity contribution is -0.136. The number of piperazine rings is 1. The van der Waals surface area contributed by atoms with Crippen LogP contribution in [0.2, 0.25) is 10.0 Å². The molecule has 2 saturated heterocycles. The number of hydrogen-bond donors (Lipinski definition) is 0. The second-order valence-electron chi connectivity index (χ2n) is 11.0. The number of aromatic nitrogens is 4. The summed E-state index contributed by atoms with van der Waals surface area (Å²) in [6.07, 6.45) is 4.46. The third kappa shape index (κ3) is 5.77. The summed E-state index contributed by atoms with van der Waals surface area (Å²) in [5.41, 5.74) is 1.63. The zero-order valence-corrected chi connectivity index (χ0v) is 24.1. The summed E-state index contributed by atoms with van der Waals surface area (Å²) in [5.74, 6) is 0.702. The first kappa shape index (κ1) is 27.5. The number of rotatable bonds is 4. The van der Waals surface area contributed by atoms with Crippen LogP contribution in [0.3, 0.4) is 0 Å². The zero-order chi connectivity index (χ0) is 27.9. The number of benzene rings is 1. The topological polar surface area (TPSA) is 96.7 Å². The van der Waals surface area contributed by atoms with Crippen molar-refractivity contribution in [3.8, 4) is 0 Å². The number of hydrogen-bond acceptors (Lipinski definition) is 7. The first-order chi connectivity index (χ1) is 18.5. The van der Waals surface area contributed by atoms with Crippen LogP contribution in [0.25, 0.3) is 11.2 Å². The molecule has 2 atom stereocenters. The van der Waals surface area contributed by atoms with Gasteiger partial charge in [-0.2, -0.15) is 5.10 Å². The summed E-state index contributed by atoms with van der Waals surface area (Å²) in [6, 6.07) is 4.77. The van der Waals surface area contributed by atoms with Crippen LogP contribution >= 0.6 is 23.2 Å². The predicted octanol–water partition coefficient (Wildman–Crippen LogP) is 4.79. The summed E-state index contributed by atoms with van der Waals surface area (Å²) in [4.78, 5) is 41.0. The molecule has 0 radical (unpaired) electrons. The Hall–Kier alpha value is -3.11. The summed E-state index contributed by atoms with van der Waals surface area (Å²) in [7, 11) is 0. The predicted molar refractivity (Wildman–Crippen MR) is 150 cm³/mol. The normalized spacial score (nSPS) is 19.0. The van der Waals surface area contributed by atoms with Gasteiger partial charge in [0.15, 0.2) is 5.65 Å². The Morgan fingerprint density at radius 3 is 2.51 bits per heavy atom. The molecule has 10 nitrogen and oxygen atoms in total. The number of nitrogens with zero attached hydrogens (tertiary/aromatic N) is 7. The van der Waals surface area contributed by atoms with E-state index < -0.39 is 17.7 Å². The third-order valence-corrected chi connectivity index (χ3v) is 7.71. The van der Waals surface area contributed by atoms with E-state index in [1.165, 1.54) is 0 Å². The summed E-state index contributed by atoms with van der Waals surface area (Å²) < 4.78 is 7.34. The summed E-state index contributed by atoms with van der Waals surface area (Å²) in [6.45, 7) is 10.3. The number of fused-ring (bicyclic) bond motifs is 1. The average Bonchev–Trinajstić information content (AvgIpc) is 3.54. The first-order valence-corrected chi connectivity index (χ1v) is 14.0. The molecule has 2 aliphatic rings. The quantitative estimate of drug-likeness (QED) is 0.442. The molecule has 1 aromatic carbocycles. The SMILES string of the molecule is CC(c1ccc(Cl)cc1Cl)n1ncc2ncc(N3CCN(C(=O)[C@H]4CCCN4C(=O)OC(C)(C)C)CC3)nc21. The van der Waals surface area contributed by atoms with Gasteiger partial charge in [-0.15, -0.1) is 0 Å². The summed E-state index contributed by atoms with van der Waals surface area (Å²) in [5, 5.41) is 5.67. The highest BCUT2D eigenvalue weighted by molar-refractivity contribution is 6.35. The largest absolute Gasteiger partial charge is 0.444 e. The Morgan fingerprint density at radius 1 is 1.08 bits per heavy atom. The smallest absolute Gasteiger partial charge is 0.410 e. The Balaban J connectivity index is 1.27. The Labute approximate surface area is 237 Å². The number of carbonyl (C=O) groups is 2. The van der Waals surface area contributed by atoms with Crippen molar-refractivity contribution in [1.29, 1.82) is 0 Å². The van der Waals surface area contributed by atoms with E-state index in [4.69, 9.17) is 32.9 Å². The van der Waals surface area contributed by atoms with Crippen molar-refractivity contribution in [2.45, 2.75) is 58.2 Å². The van der Waals surface area contributed by atoms with Crippen LogP contribution in [0.15, 0.2) is 30.6 Å². The maximum absolute atomic E-state index is 13.4. The van der Waals surface area contributed by atoms with Crippen molar-refractivity contribution in [1.82, 2.24) is 29.5 Å². The Morgan fingerprint density at radius 2 is 1.82 bits per heavy atom. The van der Waals surface area contributed by atoms with Crippen molar-refractivity contribution in [2.75, 3.05) is 37.6 Å². The molecule has 3 aromatic rings. The molecule has 0 saturated carbocycles.